The van der Waals surface area contributed by atoms with Crippen LogP contribution in [0, 0.1) is 0 Å². The van der Waals surface area contributed by atoms with Crippen LogP contribution in [0.1, 0.15) is 5.56 Å². The molecule has 0 aliphatic carbocycles. The zero-order chi connectivity index (χ0) is 24.7. The van der Waals surface area contributed by atoms with E-state index >= 15 is 0 Å². The summed E-state index contributed by atoms with van der Waals surface area (Å²) in [4.78, 5) is 24.2. The Hall–Kier alpha value is -4.69. The molecular weight excluding hydrogens is 452 g/mol. The second-order valence-electron chi connectivity index (χ2n) is 8.42. The molecule has 0 unspecified atom stereocenters. The standard InChI is InChI=1S/C28H26N6O2/c29-21(12-19-15-31-27-9-5-4-8-25(19)27)18-36-24-13-20(14-30-17-24)26-11-10-23(16-32-26)34-28(35)33-22-6-2-1-3-7-22/h1-11,13-17,21,31H,12,18,29H2,(H2,33,34,35)/t21-/m0/s1. The number of aromatic nitrogens is 3. The predicted molar refractivity (Wildman–Crippen MR) is 142 cm³/mol. The molecule has 0 aliphatic rings. The number of hydrogen-bond acceptors (Lipinski definition) is 5. The number of nitrogens with two attached hydrogens (primary N) is 1. The van der Waals surface area contributed by atoms with Crippen molar-refractivity contribution in [2.75, 3.05) is 17.2 Å². The highest BCUT2D eigenvalue weighted by atomic mass is 16.5. The van der Waals surface area contributed by atoms with E-state index < -0.39 is 0 Å². The van der Waals surface area contributed by atoms with Gasteiger partial charge in [-0.25, -0.2) is 4.79 Å². The summed E-state index contributed by atoms with van der Waals surface area (Å²) in [6.07, 6.45) is 7.68. The molecular formula is C28H26N6O2. The van der Waals surface area contributed by atoms with Crippen LogP contribution >= 0.6 is 0 Å². The average molecular weight is 479 g/mol. The van der Waals surface area contributed by atoms with Crippen molar-refractivity contribution in [1.82, 2.24) is 15.0 Å². The number of amides is 2. The van der Waals surface area contributed by atoms with Gasteiger partial charge in [0.15, 0.2) is 0 Å². The van der Waals surface area contributed by atoms with Gasteiger partial charge in [-0.2, -0.15) is 0 Å². The van der Waals surface area contributed by atoms with Crippen molar-refractivity contribution in [3.63, 3.8) is 0 Å². The minimum absolute atomic E-state index is 0.168. The molecule has 36 heavy (non-hydrogen) atoms. The lowest BCUT2D eigenvalue weighted by Crippen LogP contribution is -2.30. The van der Waals surface area contributed by atoms with Crippen LogP contribution in [0.15, 0.2) is 97.6 Å². The van der Waals surface area contributed by atoms with Crippen LogP contribution in [-0.4, -0.2) is 33.6 Å². The van der Waals surface area contributed by atoms with Crippen LogP contribution < -0.4 is 21.1 Å². The fraction of sp³-hybridized carbons (Fsp3) is 0.107. The number of ether oxygens (including phenoxy) is 1. The van der Waals surface area contributed by atoms with E-state index in [2.05, 4.69) is 31.7 Å². The molecule has 5 aromatic rings. The molecule has 0 saturated carbocycles. The molecule has 0 spiro atoms. The van der Waals surface area contributed by atoms with Gasteiger partial charge < -0.3 is 26.1 Å². The molecule has 3 aromatic heterocycles. The summed E-state index contributed by atoms with van der Waals surface area (Å²) in [5.74, 6) is 0.619. The first-order chi connectivity index (χ1) is 17.6. The Morgan fingerprint density at radius 3 is 2.58 bits per heavy atom. The summed E-state index contributed by atoms with van der Waals surface area (Å²) in [5.41, 5.74) is 11.4. The summed E-state index contributed by atoms with van der Waals surface area (Å²) in [5, 5.41) is 6.73. The SMILES string of the molecule is N[C@H](COc1cncc(-c2ccc(NC(=O)Nc3ccccc3)cn2)c1)Cc1c[nH]c2ccccc12. The number of benzene rings is 2. The van der Waals surface area contributed by atoms with E-state index in [4.69, 9.17) is 10.5 Å². The van der Waals surface area contributed by atoms with E-state index in [-0.39, 0.29) is 12.1 Å². The minimum Gasteiger partial charge on any atom is -0.490 e. The number of hydrogen-bond donors (Lipinski definition) is 4. The maximum Gasteiger partial charge on any atom is 0.323 e. The molecule has 0 bridgehead atoms. The molecule has 180 valence electrons. The molecule has 0 fully saturated rings. The molecule has 8 heteroatoms. The van der Waals surface area contributed by atoms with Crippen molar-refractivity contribution < 1.29 is 9.53 Å². The zero-order valence-electron chi connectivity index (χ0n) is 19.5. The number of carbonyl (C=O) groups excluding carboxylic acids is 1. The van der Waals surface area contributed by atoms with Gasteiger partial charge in [0.1, 0.15) is 12.4 Å². The van der Waals surface area contributed by atoms with Gasteiger partial charge in [0.2, 0.25) is 0 Å². The summed E-state index contributed by atoms with van der Waals surface area (Å²) < 4.78 is 5.93. The Balaban J connectivity index is 1.17. The minimum atomic E-state index is -0.336. The van der Waals surface area contributed by atoms with Gasteiger partial charge in [-0.3, -0.25) is 9.97 Å². The molecule has 0 radical (unpaired) electrons. The number of H-pyrrole nitrogens is 1. The lowest BCUT2D eigenvalue weighted by atomic mass is 10.1. The van der Waals surface area contributed by atoms with E-state index in [1.165, 1.54) is 10.9 Å². The van der Waals surface area contributed by atoms with Gasteiger partial charge in [-0.05, 0) is 48.4 Å². The molecule has 2 aromatic carbocycles. The highest BCUT2D eigenvalue weighted by Crippen LogP contribution is 2.23. The fourth-order valence-corrected chi connectivity index (χ4v) is 3.94. The van der Waals surface area contributed by atoms with Gasteiger partial charge in [0.25, 0.3) is 0 Å². The molecule has 5 rings (SSSR count). The van der Waals surface area contributed by atoms with Crippen molar-refractivity contribution in [3.8, 4) is 17.0 Å². The molecule has 0 saturated heterocycles. The van der Waals surface area contributed by atoms with Gasteiger partial charge in [-0.1, -0.05) is 36.4 Å². The zero-order valence-corrected chi connectivity index (χ0v) is 19.5. The van der Waals surface area contributed by atoms with E-state index in [0.29, 0.717) is 35.8 Å². The first-order valence-corrected chi connectivity index (χ1v) is 11.6. The topological polar surface area (TPSA) is 118 Å². The second-order valence-corrected chi connectivity index (χ2v) is 8.42. The molecule has 2 amide bonds. The highest BCUT2D eigenvalue weighted by Gasteiger charge is 2.11. The summed E-state index contributed by atoms with van der Waals surface area (Å²) in [6.45, 7) is 0.359. The van der Waals surface area contributed by atoms with E-state index in [9.17, 15) is 4.79 Å². The first kappa shape index (κ1) is 23.1. The highest BCUT2D eigenvalue weighted by molar-refractivity contribution is 5.99. The molecule has 3 heterocycles. The normalized spacial score (nSPS) is 11.7. The maximum atomic E-state index is 12.2. The Kier molecular flexibility index (Phi) is 6.86. The quantitative estimate of drug-likeness (QED) is 0.244. The largest absolute Gasteiger partial charge is 0.490 e. The van der Waals surface area contributed by atoms with Crippen LogP contribution in [0.4, 0.5) is 16.2 Å². The Morgan fingerprint density at radius 1 is 0.944 bits per heavy atom. The van der Waals surface area contributed by atoms with Crippen LogP contribution in [0.25, 0.3) is 22.2 Å². The second kappa shape index (κ2) is 10.7. The average Bonchev–Trinajstić information content (AvgIpc) is 3.31. The number of rotatable bonds is 8. The van der Waals surface area contributed by atoms with Crippen LogP contribution in [0.2, 0.25) is 0 Å². The number of urea groups is 1. The van der Waals surface area contributed by atoms with Crippen LogP contribution in [0.5, 0.6) is 5.75 Å². The van der Waals surface area contributed by atoms with E-state index in [1.54, 1.807) is 24.7 Å². The first-order valence-electron chi connectivity index (χ1n) is 11.6. The summed E-state index contributed by atoms with van der Waals surface area (Å²) in [7, 11) is 0. The molecule has 8 nitrogen and oxygen atoms in total. The number of pyridine rings is 2. The number of aromatic amines is 1. The number of nitrogens with zero attached hydrogens (tertiary/aromatic N) is 2. The number of carbonyl (C=O) groups is 1. The Bertz CT molecular complexity index is 1450. The lowest BCUT2D eigenvalue weighted by Gasteiger charge is -2.13. The van der Waals surface area contributed by atoms with Gasteiger partial charge >= 0.3 is 6.03 Å². The van der Waals surface area contributed by atoms with Gasteiger partial charge in [0.05, 0.1) is 23.8 Å². The van der Waals surface area contributed by atoms with Crippen molar-refractivity contribution in [2.45, 2.75) is 12.5 Å². The maximum absolute atomic E-state index is 12.2. The van der Waals surface area contributed by atoms with E-state index in [1.807, 2.05) is 66.9 Å². The number of nitrogens with one attached hydrogen (secondary N) is 3. The molecule has 0 aliphatic heterocycles. The van der Waals surface area contributed by atoms with Crippen molar-refractivity contribution >= 4 is 28.3 Å². The van der Waals surface area contributed by atoms with Crippen LogP contribution in [-0.2, 0) is 6.42 Å². The van der Waals surface area contributed by atoms with Crippen molar-refractivity contribution in [3.05, 3.63) is 103 Å². The predicted octanol–water partition coefficient (Wildman–Crippen LogP) is 5.22. The molecule has 1 atom stereocenters. The Labute approximate surface area is 208 Å². The third kappa shape index (κ3) is 5.68. The fourth-order valence-electron chi connectivity index (χ4n) is 3.94. The monoisotopic (exact) mass is 478 g/mol. The van der Waals surface area contributed by atoms with Gasteiger partial charge in [-0.15, -0.1) is 0 Å². The smallest absolute Gasteiger partial charge is 0.323 e. The molecule has 5 N–H and O–H groups in total. The Morgan fingerprint density at radius 2 is 1.75 bits per heavy atom. The lowest BCUT2D eigenvalue weighted by molar-refractivity contribution is 0.262. The third-order valence-electron chi connectivity index (χ3n) is 5.68. The van der Waals surface area contributed by atoms with Crippen LogP contribution in [0.3, 0.4) is 0 Å². The van der Waals surface area contributed by atoms with E-state index in [0.717, 1.165) is 11.1 Å². The summed E-state index contributed by atoms with van der Waals surface area (Å²) in [6, 6.07) is 22.4. The number of para-hydroxylation sites is 2. The third-order valence-corrected chi connectivity index (χ3v) is 5.68. The van der Waals surface area contributed by atoms with Crippen molar-refractivity contribution in [2.24, 2.45) is 5.73 Å². The number of fused-ring (bicyclic) bond motifs is 1. The summed E-state index contributed by atoms with van der Waals surface area (Å²) >= 11 is 0. The number of anilines is 2. The van der Waals surface area contributed by atoms with Crippen molar-refractivity contribution in [1.29, 1.82) is 0 Å². The van der Waals surface area contributed by atoms with Gasteiger partial charge in [0, 0.05) is 40.6 Å².